The molecule has 0 amide bonds. The van der Waals surface area contributed by atoms with Crippen molar-refractivity contribution in [1.82, 2.24) is 5.32 Å². The van der Waals surface area contributed by atoms with Crippen LogP contribution in [0, 0.1) is 5.92 Å². The molecular formula is C16H25N. The number of benzene rings is 1. The number of piperidine rings is 1. The van der Waals surface area contributed by atoms with Gasteiger partial charge in [-0.3, -0.25) is 0 Å². The Labute approximate surface area is 106 Å². The Bertz CT molecular complexity index is 333. The molecule has 1 aliphatic heterocycles. The van der Waals surface area contributed by atoms with Crippen molar-refractivity contribution in [2.75, 3.05) is 13.1 Å². The van der Waals surface area contributed by atoms with Crippen molar-refractivity contribution in [3.8, 4) is 0 Å². The van der Waals surface area contributed by atoms with E-state index >= 15 is 0 Å². The zero-order valence-corrected chi connectivity index (χ0v) is 11.4. The maximum absolute atomic E-state index is 3.52. The molecule has 1 N–H and O–H groups in total. The van der Waals surface area contributed by atoms with Crippen molar-refractivity contribution in [1.29, 1.82) is 0 Å². The van der Waals surface area contributed by atoms with E-state index in [1.54, 1.807) is 0 Å². The van der Waals surface area contributed by atoms with E-state index in [4.69, 9.17) is 0 Å². The fourth-order valence-electron chi connectivity index (χ4n) is 2.76. The second-order valence-electron chi connectivity index (χ2n) is 5.72. The number of rotatable bonds is 3. The van der Waals surface area contributed by atoms with Gasteiger partial charge in [0.1, 0.15) is 0 Å². The van der Waals surface area contributed by atoms with E-state index in [9.17, 15) is 0 Å². The first-order chi connectivity index (χ1) is 8.18. The Balaban J connectivity index is 2.05. The highest BCUT2D eigenvalue weighted by Gasteiger charge is 2.20. The lowest BCUT2D eigenvalue weighted by Gasteiger charge is -2.28. The molecule has 1 aromatic carbocycles. The summed E-state index contributed by atoms with van der Waals surface area (Å²) >= 11 is 0. The smallest absolute Gasteiger partial charge is 0.00148 e. The van der Waals surface area contributed by atoms with Gasteiger partial charge < -0.3 is 5.32 Å². The van der Waals surface area contributed by atoms with Gasteiger partial charge in [-0.25, -0.2) is 0 Å². The van der Waals surface area contributed by atoms with E-state index < -0.39 is 0 Å². The molecule has 1 fully saturated rings. The molecule has 2 unspecified atom stereocenters. The van der Waals surface area contributed by atoms with Gasteiger partial charge in [-0.15, -0.1) is 0 Å². The first kappa shape index (κ1) is 12.6. The van der Waals surface area contributed by atoms with Gasteiger partial charge in [0.25, 0.3) is 0 Å². The molecule has 94 valence electrons. The van der Waals surface area contributed by atoms with Crippen LogP contribution in [0.3, 0.4) is 0 Å². The predicted molar refractivity (Wildman–Crippen MR) is 74.5 cm³/mol. The van der Waals surface area contributed by atoms with Crippen LogP contribution in [0.15, 0.2) is 24.3 Å². The molecule has 1 aliphatic rings. The van der Waals surface area contributed by atoms with Gasteiger partial charge in [0.2, 0.25) is 0 Å². The van der Waals surface area contributed by atoms with E-state index in [1.807, 2.05) is 0 Å². The summed E-state index contributed by atoms with van der Waals surface area (Å²) in [5.74, 6) is 2.13. The normalized spacial score (nSPS) is 22.7. The van der Waals surface area contributed by atoms with Crippen molar-refractivity contribution in [3.63, 3.8) is 0 Å². The number of hydrogen-bond donors (Lipinski definition) is 1. The quantitative estimate of drug-likeness (QED) is 0.831. The fraction of sp³-hybridized carbons (Fsp3) is 0.625. The summed E-state index contributed by atoms with van der Waals surface area (Å²) in [7, 11) is 0. The van der Waals surface area contributed by atoms with Gasteiger partial charge in [0.05, 0.1) is 0 Å². The molecule has 1 aromatic rings. The maximum Gasteiger partial charge on any atom is -0.00148 e. The van der Waals surface area contributed by atoms with Gasteiger partial charge in [-0.1, -0.05) is 45.0 Å². The molecule has 0 spiro atoms. The number of hydrogen-bond acceptors (Lipinski definition) is 1. The largest absolute Gasteiger partial charge is 0.316 e. The van der Waals surface area contributed by atoms with Crippen molar-refractivity contribution in [3.05, 3.63) is 35.4 Å². The van der Waals surface area contributed by atoms with Crippen molar-refractivity contribution < 1.29 is 0 Å². The highest BCUT2D eigenvalue weighted by molar-refractivity contribution is 5.27. The van der Waals surface area contributed by atoms with Crippen molar-refractivity contribution in [2.45, 2.75) is 45.4 Å². The molecule has 0 bridgehead atoms. The minimum Gasteiger partial charge on any atom is -0.316 e. The van der Waals surface area contributed by atoms with Crippen molar-refractivity contribution >= 4 is 0 Å². The Kier molecular flexibility index (Phi) is 4.22. The van der Waals surface area contributed by atoms with E-state index in [0.29, 0.717) is 11.8 Å². The molecule has 2 rings (SSSR count). The average Bonchev–Trinajstić information content (AvgIpc) is 2.39. The standard InChI is InChI=1S/C16H25N/c1-12(2)14-6-8-15(9-7-14)13(3)16-5-4-10-17-11-16/h6-9,12-13,16-17H,4-5,10-11H2,1-3H3. The van der Waals surface area contributed by atoms with Crippen LogP contribution in [0.25, 0.3) is 0 Å². The molecule has 1 saturated heterocycles. The molecule has 0 aromatic heterocycles. The summed E-state index contributed by atoms with van der Waals surface area (Å²) < 4.78 is 0. The average molecular weight is 231 g/mol. The summed E-state index contributed by atoms with van der Waals surface area (Å²) in [5, 5.41) is 3.52. The third kappa shape index (κ3) is 3.10. The first-order valence-electron chi connectivity index (χ1n) is 6.99. The third-order valence-electron chi connectivity index (χ3n) is 4.17. The lowest BCUT2D eigenvalue weighted by Crippen LogP contribution is -2.32. The van der Waals surface area contributed by atoms with Gasteiger partial charge in [-0.2, -0.15) is 0 Å². The molecule has 0 radical (unpaired) electrons. The second kappa shape index (κ2) is 5.68. The third-order valence-corrected chi connectivity index (χ3v) is 4.17. The molecule has 2 atom stereocenters. The van der Waals surface area contributed by atoms with E-state index in [1.165, 1.54) is 37.1 Å². The first-order valence-corrected chi connectivity index (χ1v) is 6.99. The molecular weight excluding hydrogens is 206 g/mol. The van der Waals surface area contributed by atoms with E-state index in [2.05, 4.69) is 50.4 Å². The maximum atomic E-state index is 3.52. The summed E-state index contributed by atoms with van der Waals surface area (Å²) in [6, 6.07) is 9.25. The van der Waals surface area contributed by atoms with Crippen LogP contribution in [0.2, 0.25) is 0 Å². The summed E-state index contributed by atoms with van der Waals surface area (Å²) in [4.78, 5) is 0. The second-order valence-corrected chi connectivity index (χ2v) is 5.72. The molecule has 0 aliphatic carbocycles. The van der Waals surface area contributed by atoms with Crippen LogP contribution in [-0.4, -0.2) is 13.1 Å². The van der Waals surface area contributed by atoms with Crippen LogP contribution in [0.4, 0.5) is 0 Å². The molecule has 1 heterocycles. The fourth-order valence-corrected chi connectivity index (χ4v) is 2.76. The Hall–Kier alpha value is -0.820. The van der Waals surface area contributed by atoms with Crippen LogP contribution in [0.1, 0.15) is 56.6 Å². The van der Waals surface area contributed by atoms with Gasteiger partial charge >= 0.3 is 0 Å². The topological polar surface area (TPSA) is 12.0 Å². The van der Waals surface area contributed by atoms with Crippen molar-refractivity contribution in [2.24, 2.45) is 5.92 Å². The molecule has 1 heteroatoms. The monoisotopic (exact) mass is 231 g/mol. The minimum absolute atomic E-state index is 0.635. The molecule has 1 nitrogen and oxygen atoms in total. The van der Waals surface area contributed by atoms with Gasteiger partial charge in [0, 0.05) is 0 Å². The van der Waals surface area contributed by atoms with Gasteiger partial charge in [0.15, 0.2) is 0 Å². The Morgan fingerprint density at radius 3 is 2.24 bits per heavy atom. The van der Waals surface area contributed by atoms with E-state index in [-0.39, 0.29) is 0 Å². The summed E-state index contributed by atoms with van der Waals surface area (Å²) in [6.07, 6.45) is 2.71. The molecule has 17 heavy (non-hydrogen) atoms. The Morgan fingerprint density at radius 1 is 1.06 bits per heavy atom. The zero-order chi connectivity index (χ0) is 12.3. The number of nitrogens with one attached hydrogen (secondary N) is 1. The predicted octanol–water partition coefficient (Wildman–Crippen LogP) is 3.91. The van der Waals surface area contributed by atoms with Crippen LogP contribution >= 0.6 is 0 Å². The molecule has 0 saturated carbocycles. The lowest BCUT2D eigenvalue weighted by atomic mass is 9.82. The Morgan fingerprint density at radius 2 is 1.71 bits per heavy atom. The SMILES string of the molecule is CC(C)c1ccc(C(C)C2CCCNC2)cc1. The van der Waals surface area contributed by atoms with Crippen LogP contribution < -0.4 is 5.32 Å². The lowest BCUT2D eigenvalue weighted by molar-refractivity contribution is 0.334. The van der Waals surface area contributed by atoms with Crippen LogP contribution in [-0.2, 0) is 0 Å². The van der Waals surface area contributed by atoms with Crippen LogP contribution in [0.5, 0.6) is 0 Å². The highest BCUT2D eigenvalue weighted by atomic mass is 14.9. The minimum atomic E-state index is 0.635. The van der Waals surface area contributed by atoms with E-state index in [0.717, 1.165) is 5.92 Å². The highest BCUT2D eigenvalue weighted by Crippen LogP contribution is 2.29. The summed E-state index contributed by atoms with van der Waals surface area (Å²) in [5.41, 5.74) is 2.95. The zero-order valence-electron chi connectivity index (χ0n) is 11.4. The summed E-state index contributed by atoms with van der Waals surface area (Å²) in [6.45, 7) is 9.28. The van der Waals surface area contributed by atoms with Gasteiger partial charge in [-0.05, 0) is 54.8 Å².